The predicted molar refractivity (Wildman–Crippen MR) is 108 cm³/mol. The van der Waals surface area contributed by atoms with Crippen LogP contribution >= 0.6 is 0 Å². The van der Waals surface area contributed by atoms with E-state index in [0.29, 0.717) is 18.5 Å². The van der Waals surface area contributed by atoms with E-state index in [1.807, 2.05) is 11.0 Å². The molecule has 0 N–H and O–H groups in total. The zero-order valence-corrected chi connectivity index (χ0v) is 16.9. The van der Waals surface area contributed by atoms with Gasteiger partial charge in [0, 0.05) is 25.2 Å². The summed E-state index contributed by atoms with van der Waals surface area (Å²) in [6.07, 6.45) is 2.36. The maximum atomic E-state index is 13.5. The highest BCUT2D eigenvalue weighted by Crippen LogP contribution is 2.27. The lowest BCUT2D eigenvalue weighted by atomic mass is 10.0. The molecule has 1 unspecified atom stereocenters. The number of sulfonamides is 1. The van der Waals surface area contributed by atoms with Crippen molar-refractivity contribution in [2.24, 2.45) is 4.40 Å². The number of amidine groups is 1. The maximum absolute atomic E-state index is 13.5. The molecule has 4 rings (SSSR count). The van der Waals surface area contributed by atoms with E-state index < -0.39 is 10.0 Å². The summed E-state index contributed by atoms with van der Waals surface area (Å²) >= 11 is 0. The van der Waals surface area contributed by atoms with Crippen molar-refractivity contribution < 1.29 is 17.6 Å². The Kier molecular flexibility index (Phi) is 5.12. The molecule has 0 radical (unpaired) electrons. The summed E-state index contributed by atoms with van der Waals surface area (Å²) in [6, 6.07) is 13.1. The fourth-order valence-corrected chi connectivity index (χ4v) is 5.30. The van der Waals surface area contributed by atoms with Crippen molar-refractivity contribution >= 4 is 21.8 Å². The molecule has 29 heavy (non-hydrogen) atoms. The van der Waals surface area contributed by atoms with E-state index in [1.165, 1.54) is 18.2 Å². The Labute approximate surface area is 169 Å². The molecule has 1 fully saturated rings. The van der Waals surface area contributed by atoms with Crippen molar-refractivity contribution in [2.75, 3.05) is 20.1 Å². The summed E-state index contributed by atoms with van der Waals surface area (Å²) in [5, 5.41) is 0. The first-order valence-electron chi connectivity index (χ1n) is 9.54. The number of carbonyl (C=O) groups is 1. The minimum absolute atomic E-state index is 0.0132. The molecular formula is C21H22FN3O3S. The zero-order chi connectivity index (χ0) is 20.6. The molecule has 2 aromatic carbocycles. The topological polar surface area (TPSA) is 70.1 Å². The first-order valence-corrected chi connectivity index (χ1v) is 11.0. The minimum atomic E-state index is -3.72. The lowest BCUT2D eigenvalue weighted by Crippen LogP contribution is -2.44. The number of hydrogen-bond acceptors (Lipinski definition) is 4. The van der Waals surface area contributed by atoms with E-state index in [1.54, 1.807) is 36.2 Å². The van der Waals surface area contributed by atoms with Gasteiger partial charge in [-0.05, 0) is 49.1 Å². The molecule has 2 aromatic rings. The molecule has 1 saturated heterocycles. The fraction of sp³-hybridized carbons (Fsp3) is 0.333. The summed E-state index contributed by atoms with van der Waals surface area (Å²) in [6.45, 7) is 0.677. The number of fused-ring (bicyclic) bond motifs is 1. The van der Waals surface area contributed by atoms with E-state index in [2.05, 4.69) is 4.40 Å². The standard InChI is InChI=1S/C21H22FN3O3S/c1-24(21-18-9-2-3-10-19(18)29(27,28)23-21)14-20(26)25-11-5-8-17(25)13-15-6-4-7-16(22)12-15/h2-4,6-7,9-10,12,17H,5,8,11,13-14H2,1H3. The van der Waals surface area contributed by atoms with Crippen LogP contribution in [-0.4, -0.2) is 56.1 Å². The van der Waals surface area contributed by atoms with Gasteiger partial charge < -0.3 is 9.80 Å². The number of rotatable bonds is 4. The van der Waals surface area contributed by atoms with E-state index >= 15 is 0 Å². The number of halogens is 1. The Morgan fingerprint density at radius 1 is 1.24 bits per heavy atom. The number of benzene rings is 2. The smallest absolute Gasteiger partial charge is 0.285 e. The van der Waals surface area contributed by atoms with Gasteiger partial charge in [-0.15, -0.1) is 4.40 Å². The quantitative estimate of drug-likeness (QED) is 0.769. The van der Waals surface area contributed by atoms with Crippen molar-refractivity contribution in [3.63, 3.8) is 0 Å². The van der Waals surface area contributed by atoms with Gasteiger partial charge in [0.05, 0.1) is 6.54 Å². The Morgan fingerprint density at radius 2 is 2.03 bits per heavy atom. The third-order valence-corrected chi connectivity index (χ3v) is 6.73. The van der Waals surface area contributed by atoms with Crippen LogP contribution in [0.4, 0.5) is 4.39 Å². The van der Waals surface area contributed by atoms with Gasteiger partial charge in [-0.2, -0.15) is 8.42 Å². The SMILES string of the molecule is CN(CC(=O)N1CCCC1Cc1cccc(F)c1)C1=NS(=O)(=O)c2ccccc21. The molecule has 0 aromatic heterocycles. The molecule has 8 heteroatoms. The monoisotopic (exact) mass is 415 g/mol. The normalized spacial score (nSPS) is 19.7. The molecule has 2 aliphatic rings. The minimum Gasteiger partial charge on any atom is -0.349 e. The second kappa shape index (κ2) is 7.59. The van der Waals surface area contributed by atoms with E-state index in [4.69, 9.17) is 0 Å². The van der Waals surface area contributed by atoms with Crippen LogP contribution in [0.3, 0.4) is 0 Å². The highest BCUT2D eigenvalue weighted by molar-refractivity contribution is 7.90. The van der Waals surface area contributed by atoms with Crippen LogP contribution in [0.1, 0.15) is 24.0 Å². The first kappa shape index (κ1) is 19.6. The molecule has 152 valence electrons. The second-order valence-corrected chi connectivity index (χ2v) is 9.03. The molecular weight excluding hydrogens is 393 g/mol. The van der Waals surface area contributed by atoms with E-state index in [0.717, 1.165) is 18.4 Å². The first-order chi connectivity index (χ1) is 13.8. The van der Waals surface area contributed by atoms with Gasteiger partial charge in [-0.1, -0.05) is 24.3 Å². The highest BCUT2D eigenvalue weighted by atomic mass is 32.2. The van der Waals surface area contributed by atoms with Crippen LogP contribution in [0.2, 0.25) is 0 Å². The molecule has 1 atom stereocenters. The van der Waals surface area contributed by atoms with Crippen LogP contribution in [0.5, 0.6) is 0 Å². The van der Waals surface area contributed by atoms with Gasteiger partial charge in [0.1, 0.15) is 10.7 Å². The lowest BCUT2D eigenvalue weighted by molar-refractivity contribution is -0.132. The van der Waals surface area contributed by atoms with Crippen LogP contribution in [0.15, 0.2) is 57.8 Å². The number of likely N-dealkylation sites (tertiary alicyclic amines) is 1. The van der Waals surface area contributed by atoms with Crippen molar-refractivity contribution in [3.8, 4) is 0 Å². The van der Waals surface area contributed by atoms with Gasteiger partial charge in [0.15, 0.2) is 5.84 Å². The largest absolute Gasteiger partial charge is 0.349 e. The molecule has 0 aliphatic carbocycles. The van der Waals surface area contributed by atoms with Crippen molar-refractivity contribution in [1.82, 2.24) is 9.80 Å². The van der Waals surface area contributed by atoms with Crippen LogP contribution in [0, 0.1) is 5.82 Å². The molecule has 2 heterocycles. The van der Waals surface area contributed by atoms with Crippen LogP contribution in [0.25, 0.3) is 0 Å². The van der Waals surface area contributed by atoms with E-state index in [-0.39, 0.29) is 35.0 Å². The Balaban J connectivity index is 1.47. The summed E-state index contributed by atoms with van der Waals surface area (Å²) in [5.74, 6) is -0.0806. The number of carbonyl (C=O) groups excluding carboxylic acids is 1. The van der Waals surface area contributed by atoms with Gasteiger partial charge in [-0.25, -0.2) is 4.39 Å². The molecule has 0 saturated carbocycles. The van der Waals surface area contributed by atoms with E-state index in [9.17, 15) is 17.6 Å². The molecule has 0 spiro atoms. The average Bonchev–Trinajstić information content (AvgIpc) is 3.24. The van der Waals surface area contributed by atoms with Crippen molar-refractivity contribution in [3.05, 3.63) is 65.5 Å². The predicted octanol–water partition coefficient (Wildman–Crippen LogP) is 2.44. The van der Waals surface area contributed by atoms with Gasteiger partial charge >= 0.3 is 0 Å². The van der Waals surface area contributed by atoms with Crippen LogP contribution < -0.4 is 0 Å². The number of nitrogens with zero attached hydrogens (tertiary/aromatic N) is 3. The van der Waals surface area contributed by atoms with Crippen LogP contribution in [-0.2, 0) is 21.2 Å². The lowest BCUT2D eigenvalue weighted by Gasteiger charge is -2.28. The highest BCUT2D eigenvalue weighted by Gasteiger charge is 2.33. The third-order valence-electron chi connectivity index (χ3n) is 5.40. The number of likely N-dealkylation sites (N-methyl/N-ethyl adjacent to an activating group) is 1. The maximum Gasteiger partial charge on any atom is 0.285 e. The summed E-state index contributed by atoms with van der Waals surface area (Å²) in [5.41, 5.74) is 1.38. The molecule has 2 aliphatic heterocycles. The fourth-order valence-electron chi connectivity index (χ4n) is 4.04. The summed E-state index contributed by atoms with van der Waals surface area (Å²) < 4.78 is 41.8. The van der Waals surface area contributed by atoms with Crippen molar-refractivity contribution in [2.45, 2.75) is 30.2 Å². The third kappa shape index (κ3) is 3.89. The van der Waals surface area contributed by atoms with Gasteiger partial charge in [0.25, 0.3) is 10.0 Å². The molecule has 0 bridgehead atoms. The van der Waals surface area contributed by atoms with Crippen molar-refractivity contribution in [1.29, 1.82) is 0 Å². The van der Waals surface area contributed by atoms with Gasteiger partial charge in [0.2, 0.25) is 5.91 Å². The second-order valence-electron chi connectivity index (χ2n) is 7.46. The molecule has 6 nitrogen and oxygen atoms in total. The Bertz CT molecular complexity index is 1080. The molecule has 1 amide bonds. The number of amides is 1. The average molecular weight is 415 g/mol. The summed E-state index contributed by atoms with van der Waals surface area (Å²) in [7, 11) is -2.05. The van der Waals surface area contributed by atoms with Gasteiger partial charge in [-0.3, -0.25) is 4.79 Å². The Hall–Kier alpha value is -2.74. The summed E-state index contributed by atoms with van der Waals surface area (Å²) in [4.78, 5) is 16.5. The number of hydrogen-bond donors (Lipinski definition) is 0. The Morgan fingerprint density at radius 3 is 2.83 bits per heavy atom. The zero-order valence-electron chi connectivity index (χ0n) is 16.1.